The van der Waals surface area contributed by atoms with Gasteiger partial charge >= 0.3 is 5.97 Å². The van der Waals surface area contributed by atoms with Crippen LogP contribution in [0.1, 0.15) is 62.1 Å². The summed E-state index contributed by atoms with van der Waals surface area (Å²) in [6.45, 7) is 5.73. The molecule has 5 heteroatoms. The molecule has 0 saturated carbocycles. The van der Waals surface area contributed by atoms with E-state index in [0.29, 0.717) is 26.2 Å². The number of rotatable bonds is 11. The van der Waals surface area contributed by atoms with Gasteiger partial charge < -0.3 is 18.8 Å². The predicted octanol–water partition coefficient (Wildman–Crippen LogP) is 5.96. The van der Waals surface area contributed by atoms with Gasteiger partial charge in [0, 0.05) is 36.1 Å². The van der Waals surface area contributed by atoms with Crippen LogP contribution < -0.4 is 9.47 Å². The van der Waals surface area contributed by atoms with E-state index in [1.54, 1.807) is 0 Å². The van der Waals surface area contributed by atoms with Crippen LogP contribution in [0.5, 0.6) is 11.5 Å². The van der Waals surface area contributed by atoms with Gasteiger partial charge in [-0.3, -0.25) is 4.79 Å². The van der Waals surface area contributed by atoms with Gasteiger partial charge in [0.2, 0.25) is 0 Å². The van der Waals surface area contributed by atoms with Crippen molar-refractivity contribution in [2.75, 3.05) is 19.8 Å². The largest absolute Gasteiger partial charge is 0.493 e. The molecule has 3 aromatic rings. The molecule has 5 nitrogen and oxygen atoms in total. The fourth-order valence-corrected chi connectivity index (χ4v) is 4.87. The molecule has 1 heterocycles. The summed E-state index contributed by atoms with van der Waals surface area (Å²) in [5.74, 6) is 2.04. The number of fused-ring (bicyclic) bond motifs is 2. The van der Waals surface area contributed by atoms with Crippen LogP contribution in [-0.4, -0.2) is 30.4 Å². The second-order valence-corrected chi connectivity index (χ2v) is 8.81. The molecule has 1 aromatic heterocycles. The summed E-state index contributed by atoms with van der Waals surface area (Å²) in [6.07, 6.45) is 7.48. The fraction of sp³-hybridized carbons (Fsp3) is 0.464. The summed E-state index contributed by atoms with van der Waals surface area (Å²) < 4.78 is 19.4. The van der Waals surface area contributed by atoms with E-state index in [0.717, 1.165) is 43.6 Å². The van der Waals surface area contributed by atoms with Crippen molar-refractivity contribution < 1.29 is 19.0 Å². The molecule has 176 valence electrons. The minimum absolute atomic E-state index is 0.107. The van der Waals surface area contributed by atoms with E-state index in [1.165, 1.54) is 27.6 Å². The van der Waals surface area contributed by atoms with E-state index in [-0.39, 0.29) is 11.9 Å². The Hall–Kier alpha value is -2.95. The molecule has 0 spiro atoms. The van der Waals surface area contributed by atoms with E-state index in [1.807, 2.05) is 13.0 Å². The number of benzene rings is 2. The Balaban J connectivity index is 1.28. The standard InChI is InChI=1S/C28H35NO4/c1-4-7-25-24-14-15-29(3)26(24)12-13-27(25)33-17-6-16-32-22-10-11-23-20(18-22)8-9-21(23)19-28(30)31-5-2/h10-15,18,21H,4-9,16-17,19H2,1-3H3/t21-/m0/s1. The van der Waals surface area contributed by atoms with Crippen molar-refractivity contribution in [1.29, 1.82) is 0 Å². The van der Waals surface area contributed by atoms with Crippen molar-refractivity contribution in [3.8, 4) is 11.5 Å². The lowest BCUT2D eigenvalue weighted by atomic mass is 9.98. The highest BCUT2D eigenvalue weighted by atomic mass is 16.5. The van der Waals surface area contributed by atoms with E-state index < -0.39 is 0 Å². The summed E-state index contributed by atoms with van der Waals surface area (Å²) in [5.41, 5.74) is 5.10. The first-order valence-corrected chi connectivity index (χ1v) is 12.2. The van der Waals surface area contributed by atoms with Crippen molar-refractivity contribution in [2.24, 2.45) is 7.05 Å². The Bertz CT molecular complexity index is 1100. The van der Waals surface area contributed by atoms with E-state index in [2.05, 4.69) is 55.1 Å². The topological polar surface area (TPSA) is 49.7 Å². The van der Waals surface area contributed by atoms with E-state index in [4.69, 9.17) is 14.2 Å². The maximum absolute atomic E-state index is 11.8. The highest BCUT2D eigenvalue weighted by Crippen LogP contribution is 2.37. The van der Waals surface area contributed by atoms with Gasteiger partial charge in [-0.05, 0) is 73.6 Å². The third-order valence-corrected chi connectivity index (χ3v) is 6.49. The van der Waals surface area contributed by atoms with Crippen molar-refractivity contribution in [3.63, 3.8) is 0 Å². The SMILES string of the molecule is CCCc1c(OCCCOc2ccc3c(c2)CC[C@H]3CC(=O)OCC)ccc2c1ccn2C. The van der Waals surface area contributed by atoms with Crippen LogP contribution in [0.15, 0.2) is 42.6 Å². The predicted molar refractivity (Wildman–Crippen MR) is 131 cm³/mol. The van der Waals surface area contributed by atoms with Crippen LogP contribution >= 0.6 is 0 Å². The molecule has 0 amide bonds. The molecule has 0 unspecified atom stereocenters. The number of hydrogen-bond donors (Lipinski definition) is 0. The first-order valence-electron chi connectivity index (χ1n) is 12.2. The van der Waals surface area contributed by atoms with Crippen LogP contribution in [0, 0.1) is 0 Å². The molecule has 4 rings (SSSR count). The first-order chi connectivity index (χ1) is 16.1. The normalized spacial score (nSPS) is 14.9. The van der Waals surface area contributed by atoms with Crippen molar-refractivity contribution in [1.82, 2.24) is 4.57 Å². The molecule has 1 aliphatic rings. The molecule has 33 heavy (non-hydrogen) atoms. The molecule has 0 fully saturated rings. The average molecular weight is 450 g/mol. The van der Waals surface area contributed by atoms with Gasteiger partial charge in [0.25, 0.3) is 0 Å². The molecule has 0 saturated heterocycles. The van der Waals surface area contributed by atoms with Gasteiger partial charge in [-0.1, -0.05) is 19.4 Å². The Labute approximate surface area is 196 Å². The second-order valence-electron chi connectivity index (χ2n) is 8.81. The van der Waals surface area contributed by atoms with Gasteiger partial charge in [0.1, 0.15) is 11.5 Å². The van der Waals surface area contributed by atoms with Crippen LogP contribution in [-0.2, 0) is 29.4 Å². The minimum Gasteiger partial charge on any atom is -0.493 e. The number of carbonyl (C=O) groups is 1. The zero-order valence-corrected chi connectivity index (χ0v) is 20.1. The Kier molecular flexibility index (Phi) is 7.58. The summed E-state index contributed by atoms with van der Waals surface area (Å²) in [4.78, 5) is 11.8. The smallest absolute Gasteiger partial charge is 0.306 e. The summed E-state index contributed by atoms with van der Waals surface area (Å²) in [5, 5.41) is 1.28. The van der Waals surface area contributed by atoms with Gasteiger partial charge in [0.15, 0.2) is 0 Å². The molecular formula is C28H35NO4. The maximum atomic E-state index is 11.8. The molecular weight excluding hydrogens is 414 g/mol. The van der Waals surface area contributed by atoms with Gasteiger partial charge in [-0.2, -0.15) is 0 Å². The Morgan fingerprint density at radius 3 is 2.76 bits per heavy atom. The van der Waals surface area contributed by atoms with Crippen LogP contribution in [0.4, 0.5) is 0 Å². The number of carbonyl (C=O) groups excluding carboxylic acids is 1. The molecule has 0 radical (unpaired) electrons. The molecule has 0 N–H and O–H groups in total. The summed E-state index contributed by atoms with van der Waals surface area (Å²) in [7, 11) is 2.08. The average Bonchev–Trinajstić information content (AvgIpc) is 3.38. The maximum Gasteiger partial charge on any atom is 0.306 e. The van der Waals surface area contributed by atoms with Crippen LogP contribution in [0.25, 0.3) is 10.9 Å². The number of aryl methyl sites for hydroxylation is 3. The third kappa shape index (κ3) is 5.35. The van der Waals surface area contributed by atoms with Crippen LogP contribution in [0.2, 0.25) is 0 Å². The zero-order valence-electron chi connectivity index (χ0n) is 20.1. The molecule has 0 bridgehead atoms. The second kappa shape index (κ2) is 10.8. The Morgan fingerprint density at radius 1 is 1.09 bits per heavy atom. The van der Waals surface area contributed by atoms with Gasteiger partial charge in [-0.25, -0.2) is 0 Å². The number of ether oxygens (including phenoxy) is 3. The van der Waals surface area contributed by atoms with Crippen molar-refractivity contribution in [3.05, 3.63) is 59.3 Å². The molecule has 2 aromatic carbocycles. The molecule has 1 atom stereocenters. The lowest BCUT2D eigenvalue weighted by molar-refractivity contribution is -0.143. The number of aromatic nitrogens is 1. The number of esters is 1. The van der Waals surface area contributed by atoms with Crippen LogP contribution in [0.3, 0.4) is 0 Å². The quantitative estimate of drug-likeness (QED) is 0.268. The monoisotopic (exact) mass is 449 g/mol. The zero-order chi connectivity index (χ0) is 23.2. The highest BCUT2D eigenvalue weighted by molar-refractivity contribution is 5.86. The molecule has 1 aliphatic carbocycles. The van der Waals surface area contributed by atoms with E-state index >= 15 is 0 Å². The number of hydrogen-bond acceptors (Lipinski definition) is 4. The lowest BCUT2D eigenvalue weighted by Gasteiger charge is -2.14. The highest BCUT2D eigenvalue weighted by Gasteiger charge is 2.25. The summed E-state index contributed by atoms with van der Waals surface area (Å²) in [6, 6.07) is 12.7. The molecule has 0 aliphatic heterocycles. The lowest BCUT2D eigenvalue weighted by Crippen LogP contribution is -2.08. The van der Waals surface area contributed by atoms with Crippen molar-refractivity contribution in [2.45, 2.75) is 58.3 Å². The third-order valence-electron chi connectivity index (χ3n) is 6.49. The Morgan fingerprint density at radius 2 is 1.94 bits per heavy atom. The minimum atomic E-state index is -0.107. The summed E-state index contributed by atoms with van der Waals surface area (Å²) >= 11 is 0. The van der Waals surface area contributed by atoms with Crippen molar-refractivity contribution >= 4 is 16.9 Å². The fourth-order valence-electron chi connectivity index (χ4n) is 4.87. The first kappa shape index (κ1) is 23.2. The van der Waals surface area contributed by atoms with Gasteiger partial charge in [-0.15, -0.1) is 0 Å². The van der Waals surface area contributed by atoms with E-state index in [9.17, 15) is 4.79 Å². The number of nitrogens with zero attached hydrogens (tertiary/aromatic N) is 1. The van der Waals surface area contributed by atoms with Gasteiger partial charge in [0.05, 0.1) is 26.2 Å².